The maximum atomic E-state index is 12.0. The zero-order valence-electron chi connectivity index (χ0n) is 12.0. The van der Waals surface area contributed by atoms with E-state index >= 15 is 0 Å². The second kappa shape index (κ2) is 7.72. The fraction of sp³-hybridized carbons (Fsp3) is 0.769. The van der Waals surface area contributed by atoms with Crippen molar-refractivity contribution in [2.75, 3.05) is 19.6 Å². The van der Waals surface area contributed by atoms with Crippen molar-refractivity contribution in [3.05, 3.63) is 0 Å². The van der Waals surface area contributed by atoms with Gasteiger partial charge in [-0.3, -0.25) is 9.59 Å². The van der Waals surface area contributed by atoms with Gasteiger partial charge in [0.1, 0.15) is 6.04 Å². The highest BCUT2D eigenvalue weighted by atomic mass is 16.4. The van der Waals surface area contributed by atoms with E-state index in [9.17, 15) is 14.4 Å². The van der Waals surface area contributed by atoms with E-state index in [0.29, 0.717) is 0 Å². The lowest BCUT2D eigenvalue weighted by Crippen LogP contribution is -2.49. The molecule has 20 heavy (non-hydrogen) atoms. The zero-order chi connectivity index (χ0) is 15.1. The van der Waals surface area contributed by atoms with Gasteiger partial charge in [-0.2, -0.15) is 0 Å². The molecule has 1 aliphatic heterocycles. The van der Waals surface area contributed by atoms with Crippen LogP contribution in [-0.4, -0.2) is 53.6 Å². The molecule has 0 aliphatic carbocycles. The van der Waals surface area contributed by atoms with Gasteiger partial charge in [-0.15, -0.1) is 0 Å². The average Bonchev–Trinajstić information content (AvgIpc) is 2.88. The molecule has 7 nitrogen and oxygen atoms in total. The Morgan fingerprint density at radius 1 is 1.20 bits per heavy atom. The highest BCUT2D eigenvalue weighted by molar-refractivity contribution is 5.86. The molecular weight excluding hydrogens is 262 g/mol. The summed E-state index contributed by atoms with van der Waals surface area (Å²) in [5, 5.41) is 13.8. The number of urea groups is 1. The summed E-state index contributed by atoms with van der Waals surface area (Å²) in [4.78, 5) is 35.8. The number of carboxylic acid groups (broad SMARTS) is 1. The molecule has 0 aromatic heterocycles. The molecule has 0 aromatic rings. The van der Waals surface area contributed by atoms with Gasteiger partial charge in [0.2, 0.25) is 5.91 Å². The molecule has 1 saturated heterocycles. The van der Waals surface area contributed by atoms with Gasteiger partial charge in [-0.05, 0) is 25.7 Å². The van der Waals surface area contributed by atoms with Crippen molar-refractivity contribution in [1.29, 1.82) is 0 Å². The molecule has 7 heteroatoms. The molecule has 3 amide bonds. The fourth-order valence-corrected chi connectivity index (χ4v) is 2.16. The third-order valence-electron chi connectivity index (χ3n) is 3.27. The number of nitrogens with one attached hydrogen (secondary N) is 2. The highest BCUT2D eigenvalue weighted by Gasteiger charge is 2.24. The predicted molar refractivity (Wildman–Crippen MR) is 73.2 cm³/mol. The van der Waals surface area contributed by atoms with Crippen LogP contribution in [0, 0.1) is 5.92 Å². The van der Waals surface area contributed by atoms with Crippen LogP contribution in [0.1, 0.15) is 33.1 Å². The molecule has 1 heterocycles. The van der Waals surface area contributed by atoms with E-state index in [1.54, 1.807) is 18.7 Å². The summed E-state index contributed by atoms with van der Waals surface area (Å²) in [5.74, 6) is -1.11. The lowest BCUT2D eigenvalue weighted by atomic mass is 10.1. The fourth-order valence-electron chi connectivity index (χ4n) is 2.16. The number of amides is 3. The highest BCUT2D eigenvalue weighted by Crippen LogP contribution is 2.08. The van der Waals surface area contributed by atoms with Crippen LogP contribution in [0.2, 0.25) is 0 Å². The molecule has 1 aliphatic rings. The van der Waals surface area contributed by atoms with E-state index in [-0.39, 0.29) is 24.8 Å². The second-order valence-corrected chi connectivity index (χ2v) is 5.31. The number of carboxylic acids is 1. The SMILES string of the molecule is CC(CNC(=O)NC(C)C(=O)N1CCCC1)CC(=O)O. The van der Waals surface area contributed by atoms with Gasteiger partial charge in [-0.1, -0.05) is 6.92 Å². The van der Waals surface area contributed by atoms with Crippen LogP contribution < -0.4 is 10.6 Å². The Bertz CT molecular complexity index is 367. The predicted octanol–water partition coefficient (Wildman–Crippen LogP) is 0.407. The molecule has 0 aromatic carbocycles. The van der Waals surface area contributed by atoms with Gasteiger partial charge in [0.05, 0.1) is 0 Å². The van der Waals surface area contributed by atoms with Crippen molar-refractivity contribution in [3.8, 4) is 0 Å². The van der Waals surface area contributed by atoms with E-state index in [2.05, 4.69) is 10.6 Å². The van der Waals surface area contributed by atoms with Crippen LogP contribution in [0.3, 0.4) is 0 Å². The molecular formula is C13H23N3O4. The van der Waals surface area contributed by atoms with Crippen molar-refractivity contribution in [2.24, 2.45) is 5.92 Å². The average molecular weight is 285 g/mol. The minimum Gasteiger partial charge on any atom is -0.481 e. The lowest BCUT2D eigenvalue weighted by Gasteiger charge is -2.21. The number of aliphatic carboxylic acids is 1. The maximum absolute atomic E-state index is 12.0. The van der Waals surface area contributed by atoms with Gasteiger partial charge in [0.25, 0.3) is 0 Å². The van der Waals surface area contributed by atoms with Gasteiger partial charge in [-0.25, -0.2) is 4.79 Å². The van der Waals surface area contributed by atoms with E-state index < -0.39 is 18.0 Å². The molecule has 3 N–H and O–H groups in total. The molecule has 1 fully saturated rings. The summed E-state index contributed by atoms with van der Waals surface area (Å²) in [6, 6.07) is -1.01. The van der Waals surface area contributed by atoms with E-state index in [4.69, 9.17) is 5.11 Å². The number of nitrogens with zero attached hydrogens (tertiary/aromatic N) is 1. The molecule has 0 spiro atoms. The van der Waals surface area contributed by atoms with Crippen LogP contribution in [-0.2, 0) is 9.59 Å². The number of carbonyl (C=O) groups is 3. The van der Waals surface area contributed by atoms with Crippen molar-refractivity contribution in [1.82, 2.24) is 15.5 Å². The first-order valence-corrected chi connectivity index (χ1v) is 6.95. The summed E-state index contributed by atoms with van der Waals surface area (Å²) in [6.07, 6.45) is 2.03. The quantitative estimate of drug-likeness (QED) is 0.658. The number of hydrogen-bond donors (Lipinski definition) is 3. The number of hydrogen-bond acceptors (Lipinski definition) is 3. The summed E-state index contributed by atoms with van der Waals surface area (Å²) in [6.45, 7) is 5.17. The lowest BCUT2D eigenvalue weighted by molar-refractivity contribution is -0.138. The first-order valence-electron chi connectivity index (χ1n) is 6.95. The van der Waals surface area contributed by atoms with E-state index in [1.807, 2.05) is 0 Å². The number of rotatable bonds is 6. The van der Waals surface area contributed by atoms with Crippen LogP contribution >= 0.6 is 0 Å². The molecule has 0 saturated carbocycles. The minimum absolute atomic E-state index is 0.00252. The first-order chi connectivity index (χ1) is 9.40. The molecule has 1 rings (SSSR count). The molecule has 2 atom stereocenters. The smallest absolute Gasteiger partial charge is 0.315 e. The zero-order valence-corrected chi connectivity index (χ0v) is 12.0. The van der Waals surface area contributed by atoms with Crippen molar-refractivity contribution >= 4 is 17.9 Å². The number of carbonyl (C=O) groups excluding carboxylic acids is 2. The molecule has 114 valence electrons. The molecule has 0 bridgehead atoms. The molecule has 0 radical (unpaired) electrons. The topological polar surface area (TPSA) is 98.7 Å². The monoisotopic (exact) mass is 285 g/mol. The summed E-state index contributed by atoms with van der Waals surface area (Å²) < 4.78 is 0. The van der Waals surface area contributed by atoms with E-state index in [0.717, 1.165) is 25.9 Å². The Morgan fingerprint density at radius 2 is 1.80 bits per heavy atom. The van der Waals surface area contributed by atoms with Crippen LogP contribution in [0.25, 0.3) is 0 Å². The number of likely N-dealkylation sites (tertiary alicyclic amines) is 1. The van der Waals surface area contributed by atoms with Gasteiger partial charge in [0.15, 0.2) is 0 Å². The Kier molecular flexibility index (Phi) is 6.27. The van der Waals surface area contributed by atoms with Crippen LogP contribution in [0.4, 0.5) is 4.79 Å². The normalized spacial score (nSPS) is 17.4. The third kappa shape index (κ3) is 5.46. The Morgan fingerprint density at radius 3 is 2.35 bits per heavy atom. The van der Waals surface area contributed by atoms with E-state index in [1.165, 1.54) is 0 Å². The van der Waals surface area contributed by atoms with Crippen molar-refractivity contribution < 1.29 is 19.5 Å². The van der Waals surface area contributed by atoms with Crippen LogP contribution in [0.15, 0.2) is 0 Å². The largest absolute Gasteiger partial charge is 0.481 e. The minimum atomic E-state index is -0.891. The summed E-state index contributed by atoms with van der Waals surface area (Å²) in [7, 11) is 0. The standard InChI is InChI=1S/C13H23N3O4/c1-9(7-11(17)18)8-14-13(20)15-10(2)12(19)16-5-3-4-6-16/h9-10H,3-8H2,1-2H3,(H,17,18)(H2,14,15,20). The first kappa shape index (κ1) is 16.3. The van der Waals surface area contributed by atoms with Crippen molar-refractivity contribution in [3.63, 3.8) is 0 Å². The summed E-state index contributed by atoms with van der Waals surface area (Å²) in [5.41, 5.74) is 0. The van der Waals surface area contributed by atoms with Crippen molar-refractivity contribution in [2.45, 2.75) is 39.2 Å². The maximum Gasteiger partial charge on any atom is 0.315 e. The van der Waals surface area contributed by atoms with Gasteiger partial charge >= 0.3 is 12.0 Å². The van der Waals surface area contributed by atoms with Gasteiger partial charge in [0, 0.05) is 26.1 Å². The Balaban J connectivity index is 2.27. The second-order valence-electron chi connectivity index (χ2n) is 5.31. The molecule has 2 unspecified atom stereocenters. The Labute approximate surface area is 118 Å². The third-order valence-corrected chi connectivity index (χ3v) is 3.27. The Hall–Kier alpha value is -1.79. The van der Waals surface area contributed by atoms with Gasteiger partial charge < -0.3 is 20.6 Å². The van der Waals surface area contributed by atoms with Crippen LogP contribution in [0.5, 0.6) is 0 Å². The summed E-state index contributed by atoms with van der Waals surface area (Å²) >= 11 is 0.